The number of benzene rings is 1. The Balaban J connectivity index is 2.18. The third kappa shape index (κ3) is 5.12. The first-order chi connectivity index (χ1) is 9.67. The first-order valence-electron chi connectivity index (χ1n) is 7.81. The van der Waals surface area contributed by atoms with Gasteiger partial charge in [-0.1, -0.05) is 6.07 Å². The standard InChI is InChI=1S/C17H28FNO/c1-4-19(5-2,6-3)14-10-7-11-15-20-17-13-9-8-12-16(17)18/h9,12-13H,4-7,10-11,14-15H2,1-3H3/q+1. The number of ether oxygens (including phenoxy) is 1. The van der Waals surface area contributed by atoms with Crippen LogP contribution < -0.4 is 4.74 Å². The highest BCUT2D eigenvalue weighted by atomic mass is 19.1. The Labute approximate surface area is 123 Å². The maximum atomic E-state index is 13.3. The molecule has 0 N–H and O–H groups in total. The number of quaternary nitrogens is 1. The smallest absolute Gasteiger partial charge is 0.165 e. The summed E-state index contributed by atoms with van der Waals surface area (Å²) in [4.78, 5) is 0. The average Bonchev–Trinajstić information content (AvgIpc) is 2.49. The fourth-order valence-electron chi connectivity index (χ4n) is 2.57. The van der Waals surface area contributed by atoms with Gasteiger partial charge in [0.15, 0.2) is 11.6 Å². The van der Waals surface area contributed by atoms with E-state index in [4.69, 9.17) is 4.74 Å². The first-order valence-corrected chi connectivity index (χ1v) is 7.81. The van der Waals surface area contributed by atoms with Gasteiger partial charge in [0.25, 0.3) is 0 Å². The molecule has 2 nitrogen and oxygen atoms in total. The third-order valence-corrected chi connectivity index (χ3v) is 4.32. The van der Waals surface area contributed by atoms with E-state index in [0.29, 0.717) is 12.4 Å². The predicted octanol–water partition coefficient (Wildman–Crippen LogP) is 4.05. The molecule has 0 unspecified atom stereocenters. The molecule has 1 aromatic carbocycles. The molecule has 113 valence electrons. The van der Waals surface area contributed by atoms with E-state index < -0.39 is 0 Å². The van der Waals surface area contributed by atoms with Crippen molar-refractivity contribution in [3.63, 3.8) is 0 Å². The van der Waals surface area contributed by atoms with Crippen molar-refractivity contribution in [1.82, 2.24) is 0 Å². The maximum absolute atomic E-state index is 13.3. The minimum atomic E-state index is -0.328. The van der Waals surface area contributed by atoms with E-state index in [9.17, 15) is 4.39 Å². The lowest BCUT2D eigenvalue weighted by Gasteiger charge is -2.35. The molecule has 0 amide bonds. The normalized spacial score (nSPS) is 11.6. The van der Waals surface area contributed by atoms with Gasteiger partial charge in [0.2, 0.25) is 0 Å². The van der Waals surface area contributed by atoms with E-state index in [0.717, 1.165) is 12.8 Å². The lowest BCUT2D eigenvalue weighted by Crippen LogP contribution is -2.48. The lowest BCUT2D eigenvalue weighted by atomic mass is 10.2. The molecule has 0 aliphatic carbocycles. The van der Waals surface area contributed by atoms with Gasteiger partial charge < -0.3 is 9.22 Å². The lowest BCUT2D eigenvalue weighted by molar-refractivity contribution is -0.923. The van der Waals surface area contributed by atoms with Gasteiger partial charge in [-0.3, -0.25) is 0 Å². The van der Waals surface area contributed by atoms with Gasteiger partial charge >= 0.3 is 0 Å². The van der Waals surface area contributed by atoms with Gasteiger partial charge in [-0.2, -0.15) is 0 Å². The van der Waals surface area contributed by atoms with Crippen LogP contribution in [0.5, 0.6) is 5.75 Å². The Morgan fingerprint density at radius 1 is 1.10 bits per heavy atom. The van der Waals surface area contributed by atoms with E-state index >= 15 is 0 Å². The highest BCUT2D eigenvalue weighted by Crippen LogP contribution is 2.16. The number of unbranched alkanes of at least 4 members (excludes halogenated alkanes) is 2. The second-order valence-electron chi connectivity index (χ2n) is 5.28. The van der Waals surface area contributed by atoms with Crippen LogP contribution in [-0.2, 0) is 0 Å². The van der Waals surface area contributed by atoms with Crippen LogP contribution in [0, 0.1) is 11.9 Å². The molecule has 0 aromatic heterocycles. The summed E-state index contributed by atoms with van der Waals surface area (Å²) in [6.45, 7) is 12.2. The second-order valence-corrected chi connectivity index (χ2v) is 5.28. The third-order valence-electron chi connectivity index (χ3n) is 4.32. The summed E-state index contributed by atoms with van der Waals surface area (Å²) in [6, 6.07) is 7.30. The molecule has 0 aliphatic heterocycles. The Bertz CT molecular complexity index is 369. The minimum absolute atomic E-state index is 0.328. The van der Waals surface area contributed by atoms with Gasteiger partial charge in [-0.05, 0) is 58.2 Å². The highest BCUT2D eigenvalue weighted by molar-refractivity contribution is 5.22. The van der Waals surface area contributed by atoms with Gasteiger partial charge in [-0.15, -0.1) is 0 Å². The molecule has 0 saturated carbocycles. The largest absolute Gasteiger partial charge is 0.491 e. The van der Waals surface area contributed by atoms with Crippen molar-refractivity contribution < 1.29 is 13.6 Å². The quantitative estimate of drug-likeness (QED) is 0.464. The van der Waals surface area contributed by atoms with Gasteiger partial charge in [0, 0.05) is 0 Å². The van der Waals surface area contributed by atoms with Gasteiger partial charge in [0.05, 0.1) is 32.8 Å². The summed E-state index contributed by atoms with van der Waals surface area (Å²) < 4.78 is 19.9. The number of hydrogen-bond acceptors (Lipinski definition) is 1. The zero-order valence-corrected chi connectivity index (χ0v) is 13.1. The first kappa shape index (κ1) is 17.0. The molecular formula is C17H28FNO+. The monoisotopic (exact) mass is 281 g/mol. The molecule has 1 aromatic rings. The van der Waals surface area contributed by atoms with Crippen LogP contribution in [0.3, 0.4) is 0 Å². The Hall–Kier alpha value is -1.09. The van der Waals surface area contributed by atoms with Crippen LogP contribution >= 0.6 is 0 Å². The van der Waals surface area contributed by atoms with Crippen LogP contribution in [0.4, 0.5) is 4.39 Å². The van der Waals surface area contributed by atoms with Crippen molar-refractivity contribution in [3.8, 4) is 5.75 Å². The molecular weight excluding hydrogens is 253 g/mol. The molecule has 0 heterocycles. The topological polar surface area (TPSA) is 9.23 Å². The van der Waals surface area contributed by atoms with E-state index in [2.05, 4.69) is 26.8 Å². The number of rotatable bonds is 10. The highest BCUT2D eigenvalue weighted by Gasteiger charge is 2.19. The molecule has 20 heavy (non-hydrogen) atoms. The summed E-state index contributed by atoms with van der Waals surface area (Å²) in [5.41, 5.74) is 0. The second kappa shape index (κ2) is 8.96. The van der Waals surface area contributed by atoms with Crippen molar-refractivity contribution in [2.45, 2.75) is 40.0 Å². The average molecular weight is 281 g/mol. The predicted molar refractivity (Wildman–Crippen MR) is 81.3 cm³/mol. The van der Waals surface area contributed by atoms with Gasteiger partial charge in [0.1, 0.15) is 0 Å². The number of nitrogens with zero attached hydrogens (tertiary/aromatic N) is 1. The van der Waals surface area contributed by atoms with E-state index in [1.807, 2.05) is 0 Å². The minimum Gasteiger partial charge on any atom is -0.491 e. The summed E-state index contributed by atoms with van der Waals surface area (Å²) >= 11 is 0. The molecule has 1 radical (unpaired) electrons. The van der Waals surface area contributed by atoms with Crippen LogP contribution in [0.15, 0.2) is 18.2 Å². The Morgan fingerprint density at radius 3 is 2.40 bits per heavy atom. The molecule has 0 atom stereocenters. The number of hydrogen-bond donors (Lipinski definition) is 0. The molecule has 3 heteroatoms. The summed E-state index contributed by atoms with van der Waals surface area (Å²) in [6.07, 6.45) is 3.33. The van der Waals surface area contributed by atoms with Crippen molar-refractivity contribution in [1.29, 1.82) is 0 Å². The van der Waals surface area contributed by atoms with E-state index in [-0.39, 0.29) is 5.82 Å². The zero-order valence-electron chi connectivity index (χ0n) is 13.1. The molecule has 0 bridgehead atoms. The Morgan fingerprint density at radius 2 is 1.80 bits per heavy atom. The summed E-state index contributed by atoms with van der Waals surface area (Å²) in [5.74, 6) is 0.00989. The molecule has 1 rings (SSSR count). The van der Waals surface area contributed by atoms with Crippen LogP contribution in [0.1, 0.15) is 40.0 Å². The van der Waals surface area contributed by atoms with Crippen LogP contribution in [-0.4, -0.2) is 37.3 Å². The van der Waals surface area contributed by atoms with Gasteiger partial charge in [-0.25, -0.2) is 4.39 Å². The molecule has 0 spiro atoms. The van der Waals surface area contributed by atoms with E-state index in [1.165, 1.54) is 43.1 Å². The molecule has 0 fully saturated rings. The van der Waals surface area contributed by atoms with Crippen LogP contribution in [0.2, 0.25) is 0 Å². The molecule has 0 aliphatic rings. The molecule has 0 saturated heterocycles. The van der Waals surface area contributed by atoms with Crippen LogP contribution in [0.25, 0.3) is 0 Å². The fourth-order valence-corrected chi connectivity index (χ4v) is 2.57. The van der Waals surface area contributed by atoms with Crippen molar-refractivity contribution >= 4 is 0 Å². The zero-order chi connectivity index (χ0) is 14.8. The number of halogens is 1. The van der Waals surface area contributed by atoms with Crippen molar-refractivity contribution in [2.75, 3.05) is 32.8 Å². The van der Waals surface area contributed by atoms with Crippen molar-refractivity contribution in [3.05, 3.63) is 30.1 Å². The summed E-state index contributed by atoms with van der Waals surface area (Å²) in [7, 11) is 0. The maximum Gasteiger partial charge on any atom is 0.165 e. The Kier molecular flexibility index (Phi) is 7.60. The van der Waals surface area contributed by atoms with E-state index in [1.54, 1.807) is 12.1 Å². The fraction of sp³-hybridized carbons (Fsp3) is 0.647. The van der Waals surface area contributed by atoms with Crippen molar-refractivity contribution in [2.24, 2.45) is 0 Å². The summed E-state index contributed by atoms with van der Waals surface area (Å²) in [5, 5.41) is 0. The SMILES string of the molecule is CC[N+](CC)(CC)CCCCCOc1cc[c]cc1F.